The predicted molar refractivity (Wildman–Crippen MR) is 102 cm³/mol. The first-order valence-corrected chi connectivity index (χ1v) is 9.16. The molecule has 3 aromatic rings. The number of nitrogens with one attached hydrogen (secondary N) is 2. The van der Waals surface area contributed by atoms with Gasteiger partial charge >= 0.3 is 0 Å². The summed E-state index contributed by atoms with van der Waals surface area (Å²) in [4.78, 5) is 14.2. The molecule has 3 heterocycles. The number of piperidine rings is 1. The SMILES string of the molecule is Clc1ccc(Cl)c(CNC2CCN(c3ncnc4[nH]ccc34)CC2)c1. The lowest BCUT2D eigenvalue weighted by Gasteiger charge is -2.33. The van der Waals surface area contributed by atoms with E-state index in [-0.39, 0.29) is 0 Å². The summed E-state index contributed by atoms with van der Waals surface area (Å²) in [5.41, 5.74) is 1.93. The number of hydrogen-bond donors (Lipinski definition) is 2. The van der Waals surface area contributed by atoms with Crippen LogP contribution in [0.3, 0.4) is 0 Å². The molecular weight excluding hydrogens is 357 g/mol. The highest BCUT2D eigenvalue weighted by atomic mass is 35.5. The molecule has 0 spiro atoms. The maximum atomic E-state index is 6.24. The quantitative estimate of drug-likeness (QED) is 0.722. The summed E-state index contributed by atoms with van der Waals surface area (Å²) in [5, 5.41) is 6.16. The van der Waals surface area contributed by atoms with Crippen LogP contribution in [-0.2, 0) is 6.54 Å². The largest absolute Gasteiger partial charge is 0.356 e. The number of rotatable bonds is 4. The van der Waals surface area contributed by atoms with Crippen LogP contribution < -0.4 is 10.2 Å². The zero-order valence-corrected chi connectivity index (χ0v) is 15.2. The molecule has 130 valence electrons. The molecule has 1 aliphatic heterocycles. The maximum Gasteiger partial charge on any atom is 0.142 e. The Kier molecular flexibility index (Phi) is 4.79. The number of hydrogen-bond acceptors (Lipinski definition) is 4. The maximum absolute atomic E-state index is 6.24. The van der Waals surface area contributed by atoms with Crippen molar-refractivity contribution in [3.8, 4) is 0 Å². The molecule has 0 bridgehead atoms. The second kappa shape index (κ2) is 7.20. The first-order chi connectivity index (χ1) is 12.2. The summed E-state index contributed by atoms with van der Waals surface area (Å²) >= 11 is 12.3. The lowest BCUT2D eigenvalue weighted by Crippen LogP contribution is -2.42. The van der Waals surface area contributed by atoms with Gasteiger partial charge in [0.1, 0.15) is 17.8 Å². The van der Waals surface area contributed by atoms with E-state index < -0.39 is 0 Å². The molecule has 7 heteroatoms. The highest BCUT2D eigenvalue weighted by Gasteiger charge is 2.21. The molecule has 0 radical (unpaired) electrons. The highest BCUT2D eigenvalue weighted by Crippen LogP contribution is 2.25. The Hall–Kier alpha value is -1.82. The van der Waals surface area contributed by atoms with Gasteiger partial charge in [0.2, 0.25) is 0 Å². The fourth-order valence-electron chi connectivity index (χ4n) is 3.34. The van der Waals surface area contributed by atoms with Crippen LogP contribution in [0.25, 0.3) is 11.0 Å². The normalized spacial score (nSPS) is 15.8. The standard InChI is InChI=1S/C18H19Cl2N5/c19-13-1-2-16(20)12(9-13)10-22-14-4-7-25(8-5-14)18-15-3-6-21-17(15)23-11-24-18/h1-3,6,9,11,14,22H,4-5,7-8,10H2,(H,21,23,24). The first-order valence-electron chi connectivity index (χ1n) is 8.41. The Morgan fingerprint density at radius 2 is 2.00 bits per heavy atom. The summed E-state index contributed by atoms with van der Waals surface area (Å²) in [6, 6.07) is 8.09. The average Bonchev–Trinajstić information content (AvgIpc) is 3.12. The number of anilines is 1. The number of fused-ring (bicyclic) bond motifs is 1. The van der Waals surface area contributed by atoms with Crippen molar-refractivity contribution in [2.75, 3.05) is 18.0 Å². The first kappa shape index (κ1) is 16.6. The Morgan fingerprint density at radius 1 is 1.16 bits per heavy atom. The Bertz CT molecular complexity index is 871. The summed E-state index contributed by atoms with van der Waals surface area (Å²) in [5.74, 6) is 1.02. The predicted octanol–water partition coefficient (Wildman–Crippen LogP) is 4.02. The van der Waals surface area contributed by atoms with Crippen LogP contribution in [0.2, 0.25) is 10.0 Å². The van der Waals surface area contributed by atoms with Crippen molar-refractivity contribution in [2.24, 2.45) is 0 Å². The van der Waals surface area contributed by atoms with Crippen LogP contribution in [0.4, 0.5) is 5.82 Å². The third kappa shape index (κ3) is 3.59. The molecule has 0 atom stereocenters. The Balaban J connectivity index is 1.37. The van der Waals surface area contributed by atoms with E-state index in [9.17, 15) is 0 Å². The van der Waals surface area contributed by atoms with Crippen molar-refractivity contribution < 1.29 is 0 Å². The van der Waals surface area contributed by atoms with Crippen molar-refractivity contribution in [1.82, 2.24) is 20.3 Å². The van der Waals surface area contributed by atoms with Crippen LogP contribution >= 0.6 is 23.2 Å². The lowest BCUT2D eigenvalue weighted by atomic mass is 10.0. The fourth-order valence-corrected chi connectivity index (χ4v) is 3.72. The highest BCUT2D eigenvalue weighted by molar-refractivity contribution is 6.33. The van der Waals surface area contributed by atoms with Gasteiger partial charge in [-0.25, -0.2) is 9.97 Å². The summed E-state index contributed by atoms with van der Waals surface area (Å²) < 4.78 is 0. The van der Waals surface area contributed by atoms with Crippen molar-refractivity contribution in [3.05, 3.63) is 52.4 Å². The van der Waals surface area contributed by atoms with Gasteiger partial charge in [-0.3, -0.25) is 0 Å². The molecule has 1 aromatic carbocycles. The van der Waals surface area contributed by atoms with E-state index in [1.807, 2.05) is 30.5 Å². The minimum Gasteiger partial charge on any atom is -0.356 e. The van der Waals surface area contributed by atoms with Crippen LogP contribution in [0.5, 0.6) is 0 Å². The molecule has 0 unspecified atom stereocenters. The van der Waals surface area contributed by atoms with Gasteiger partial charge in [-0.15, -0.1) is 0 Å². The van der Waals surface area contributed by atoms with E-state index in [4.69, 9.17) is 23.2 Å². The molecule has 2 N–H and O–H groups in total. The van der Waals surface area contributed by atoms with Gasteiger partial charge in [0, 0.05) is 41.9 Å². The van der Waals surface area contributed by atoms with Gasteiger partial charge in [-0.2, -0.15) is 0 Å². The molecule has 5 nitrogen and oxygen atoms in total. The molecule has 1 saturated heterocycles. The zero-order valence-electron chi connectivity index (χ0n) is 13.7. The number of benzene rings is 1. The molecule has 0 aliphatic carbocycles. The molecule has 4 rings (SSSR count). The summed E-state index contributed by atoms with van der Waals surface area (Å²) in [7, 11) is 0. The van der Waals surface area contributed by atoms with Gasteiger partial charge in [-0.05, 0) is 42.7 Å². The van der Waals surface area contributed by atoms with E-state index in [2.05, 4.69) is 25.2 Å². The van der Waals surface area contributed by atoms with Crippen LogP contribution in [-0.4, -0.2) is 34.1 Å². The molecule has 1 aliphatic rings. The van der Waals surface area contributed by atoms with Crippen molar-refractivity contribution >= 4 is 40.1 Å². The molecule has 1 fully saturated rings. The molecule has 25 heavy (non-hydrogen) atoms. The number of H-pyrrole nitrogens is 1. The van der Waals surface area contributed by atoms with E-state index in [0.717, 1.165) is 64.9 Å². The van der Waals surface area contributed by atoms with Crippen molar-refractivity contribution in [1.29, 1.82) is 0 Å². The topological polar surface area (TPSA) is 56.8 Å². The van der Waals surface area contributed by atoms with Crippen LogP contribution in [0, 0.1) is 0 Å². The van der Waals surface area contributed by atoms with Crippen molar-refractivity contribution in [3.63, 3.8) is 0 Å². The third-order valence-electron chi connectivity index (χ3n) is 4.72. The lowest BCUT2D eigenvalue weighted by molar-refractivity contribution is 0.413. The number of nitrogens with zero attached hydrogens (tertiary/aromatic N) is 3. The zero-order chi connectivity index (χ0) is 17.2. The fraction of sp³-hybridized carbons (Fsp3) is 0.333. The van der Waals surface area contributed by atoms with Gasteiger partial charge in [-0.1, -0.05) is 23.2 Å². The second-order valence-electron chi connectivity index (χ2n) is 6.32. The monoisotopic (exact) mass is 375 g/mol. The van der Waals surface area contributed by atoms with E-state index in [1.54, 1.807) is 6.33 Å². The Morgan fingerprint density at radius 3 is 2.84 bits per heavy atom. The summed E-state index contributed by atoms with van der Waals surface area (Å²) in [6.07, 6.45) is 5.66. The molecule has 2 aromatic heterocycles. The van der Waals surface area contributed by atoms with E-state index in [1.165, 1.54) is 0 Å². The number of aromatic amines is 1. The van der Waals surface area contributed by atoms with Gasteiger partial charge in [0.05, 0.1) is 5.39 Å². The van der Waals surface area contributed by atoms with Crippen LogP contribution in [0.15, 0.2) is 36.8 Å². The number of aromatic nitrogens is 3. The van der Waals surface area contributed by atoms with Gasteiger partial charge in [0.15, 0.2) is 0 Å². The minimum atomic E-state index is 0.467. The van der Waals surface area contributed by atoms with E-state index >= 15 is 0 Å². The minimum absolute atomic E-state index is 0.467. The van der Waals surface area contributed by atoms with Crippen LogP contribution in [0.1, 0.15) is 18.4 Å². The Labute approximate surface area is 156 Å². The van der Waals surface area contributed by atoms with Crippen molar-refractivity contribution in [2.45, 2.75) is 25.4 Å². The molecular formula is C18H19Cl2N5. The smallest absolute Gasteiger partial charge is 0.142 e. The summed E-state index contributed by atoms with van der Waals surface area (Å²) in [6.45, 7) is 2.68. The average molecular weight is 376 g/mol. The molecule has 0 amide bonds. The third-order valence-corrected chi connectivity index (χ3v) is 5.32. The number of halogens is 2. The molecule has 0 saturated carbocycles. The second-order valence-corrected chi connectivity index (χ2v) is 7.16. The van der Waals surface area contributed by atoms with E-state index in [0.29, 0.717) is 6.04 Å². The van der Waals surface area contributed by atoms with Gasteiger partial charge < -0.3 is 15.2 Å². The van der Waals surface area contributed by atoms with Gasteiger partial charge in [0.25, 0.3) is 0 Å².